The van der Waals surface area contributed by atoms with E-state index in [1.165, 1.54) is 6.08 Å². The van der Waals surface area contributed by atoms with Crippen LogP contribution in [0.25, 0.3) is 32.9 Å². The number of aryl methyl sites for hydroxylation is 2. The summed E-state index contributed by atoms with van der Waals surface area (Å²) in [7, 11) is 5.95. The van der Waals surface area contributed by atoms with Crippen LogP contribution in [0.4, 0.5) is 16.2 Å². The molecule has 2 aliphatic rings. The van der Waals surface area contributed by atoms with Crippen molar-refractivity contribution in [3.63, 3.8) is 0 Å². The molecule has 0 bridgehead atoms. The maximum atomic E-state index is 17.0. The molecule has 6 rings (SSSR count). The van der Waals surface area contributed by atoms with Crippen molar-refractivity contribution in [2.75, 3.05) is 50.1 Å². The number of likely N-dealkylation sites (N-methyl/N-ethyl adjacent to an activating group) is 1. The number of benzene rings is 2. The molecule has 2 saturated heterocycles. The number of hydrogen-bond donors (Lipinski definition) is 0. The van der Waals surface area contributed by atoms with Crippen molar-refractivity contribution in [2.24, 2.45) is 7.05 Å². The number of rotatable bonds is 5. The second-order valence-electron chi connectivity index (χ2n) is 11.8. The van der Waals surface area contributed by atoms with Crippen molar-refractivity contribution >= 4 is 51.1 Å². The molecule has 0 saturated carbocycles. The molecule has 4 aromatic rings. The summed E-state index contributed by atoms with van der Waals surface area (Å²) in [5, 5.41) is 6.15. The number of hydrogen-bond acceptors (Lipinski definition) is 7. The molecule has 4 heterocycles. The highest BCUT2D eigenvalue weighted by Gasteiger charge is 2.36. The Morgan fingerprint density at radius 3 is 2.55 bits per heavy atom. The van der Waals surface area contributed by atoms with E-state index >= 15 is 4.39 Å². The molecule has 0 aliphatic carbocycles. The summed E-state index contributed by atoms with van der Waals surface area (Å²) in [6, 6.07) is 5.94. The molecule has 2 aliphatic heterocycles. The second-order valence-corrected chi connectivity index (χ2v) is 12.2. The lowest BCUT2D eigenvalue weighted by atomic mass is 9.95. The highest BCUT2D eigenvalue weighted by atomic mass is 35.5. The molecular weight excluding hydrogens is 555 g/mol. The van der Waals surface area contributed by atoms with E-state index in [2.05, 4.69) is 40.5 Å². The van der Waals surface area contributed by atoms with Crippen molar-refractivity contribution in [3.05, 3.63) is 53.5 Å². The molecule has 11 heteroatoms. The molecule has 2 atom stereocenters. The standard InChI is InChI=1S/C31H36ClFN8O/c1-8-24(42)40-13-19(4)41(14-18(40)3)30-22-11-23(32)26(25-17(2)9-10-20-12-34-38(7)29(20)25)27(33)28(22)35-31(36-30)39-15-21(16-39)37(5)6/h8-12,18-19,21H,1,13-16H2,2-7H3/t18-,19+/m0/s1. The van der Waals surface area contributed by atoms with Gasteiger partial charge in [-0.3, -0.25) is 9.48 Å². The molecule has 2 aromatic carbocycles. The molecule has 2 aromatic heterocycles. The average molecular weight is 591 g/mol. The van der Waals surface area contributed by atoms with Crippen molar-refractivity contribution in [3.8, 4) is 11.1 Å². The van der Waals surface area contributed by atoms with Gasteiger partial charge in [0.2, 0.25) is 11.9 Å². The van der Waals surface area contributed by atoms with Gasteiger partial charge in [0, 0.05) is 73.3 Å². The van der Waals surface area contributed by atoms with Gasteiger partial charge in [-0.05, 0) is 52.6 Å². The SMILES string of the molecule is C=CC(=O)N1C[C@@H](C)N(c2nc(N3CC(N(C)C)C3)nc3c(F)c(-c4c(C)ccc5cnn(C)c45)c(Cl)cc23)C[C@@H]1C. The van der Waals surface area contributed by atoms with Crippen molar-refractivity contribution in [1.29, 1.82) is 0 Å². The summed E-state index contributed by atoms with van der Waals surface area (Å²) in [6.45, 7) is 12.2. The van der Waals surface area contributed by atoms with Gasteiger partial charge in [-0.2, -0.15) is 10.1 Å². The number of anilines is 2. The van der Waals surface area contributed by atoms with Crippen LogP contribution in [0.1, 0.15) is 19.4 Å². The maximum Gasteiger partial charge on any atom is 0.246 e. The summed E-state index contributed by atoms with van der Waals surface area (Å²) in [6.07, 6.45) is 3.12. The first-order valence-electron chi connectivity index (χ1n) is 14.2. The fourth-order valence-corrected chi connectivity index (χ4v) is 6.52. The van der Waals surface area contributed by atoms with Gasteiger partial charge in [0.05, 0.1) is 16.7 Å². The third-order valence-corrected chi connectivity index (χ3v) is 9.10. The van der Waals surface area contributed by atoms with Crippen LogP contribution in [0.3, 0.4) is 0 Å². The van der Waals surface area contributed by atoms with E-state index < -0.39 is 5.82 Å². The van der Waals surface area contributed by atoms with Crippen molar-refractivity contribution in [2.45, 2.75) is 38.9 Å². The number of amides is 1. The summed E-state index contributed by atoms with van der Waals surface area (Å²) in [5.74, 6) is 0.528. The molecule has 9 nitrogen and oxygen atoms in total. The van der Waals surface area contributed by atoms with Gasteiger partial charge in [0.15, 0.2) is 5.82 Å². The molecule has 0 N–H and O–H groups in total. The van der Waals surface area contributed by atoms with Gasteiger partial charge < -0.3 is 19.6 Å². The zero-order valence-electron chi connectivity index (χ0n) is 24.9. The van der Waals surface area contributed by atoms with Crippen LogP contribution in [0.5, 0.6) is 0 Å². The molecule has 1 amide bonds. The first-order valence-corrected chi connectivity index (χ1v) is 14.6. The first-order chi connectivity index (χ1) is 20.0. The summed E-state index contributed by atoms with van der Waals surface area (Å²) in [4.78, 5) is 30.6. The van der Waals surface area contributed by atoms with E-state index in [0.29, 0.717) is 47.4 Å². The Labute approximate surface area is 250 Å². The van der Waals surface area contributed by atoms with Gasteiger partial charge in [-0.15, -0.1) is 0 Å². The number of carbonyl (C=O) groups is 1. The fraction of sp³-hybridized carbons (Fsp3) is 0.419. The molecule has 42 heavy (non-hydrogen) atoms. The molecule has 0 unspecified atom stereocenters. The van der Waals surface area contributed by atoms with Crippen LogP contribution >= 0.6 is 11.6 Å². The number of fused-ring (bicyclic) bond motifs is 2. The summed E-state index contributed by atoms with van der Waals surface area (Å²) < 4.78 is 18.7. The van der Waals surface area contributed by atoms with Crippen molar-refractivity contribution in [1.82, 2.24) is 29.5 Å². The Balaban J connectivity index is 1.55. The summed E-state index contributed by atoms with van der Waals surface area (Å²) >= 11 is 6.97. The highest BCUT2D eigenvalue weighted by Crippen LogP contribution is 2.43. The van der Waals surface area contributed by atoms with Crippen LogP contribution in [0.2, 0.25) is 5.02 Å². The van der Waals surface area contributed by atoms with Gasteiger partial charge in [-0.1, -0.05) is 30.3 Å². The lowest BCUT2D eigenvalue weighted by Gasteiger charge is -2.45. The highest BCUT2D eigenvalue weighted by molar-refractivity contribution is 6.35. The fourth-order valence-electron chi connectivity index (χ4n) is 6.23. The molecule has 0 radical (unpaired) electrons. The average Bonchev–Trinajstić information content (AvgIpc) is 3.30. The second kappa shape index (κ2) is 10.5. The maximum absolute atomic E-state index is 17.0. The minimum Gasteiger partial charge on any atom is -0.349 e. The van der Waals surface area contributed by atoms with Crippen LogP contribution in [0, 0.1) is 12.7 Å². The normalized spacial score (nSPS) is 19.7. The van der Waals surface area contributed by atoms with Crippen LogP contribution in [0.15, 0.2) is 37.1 Å². The van der Waals surface area contributed by atoms with Gasteiger partial charge in [-0.25, -0.2) is 9.37 Å². The van der Waals surface area contributed by atoms with Crippen LogP contribution in [-0.4, -0.2) is 93.9 Å². The Kier molecular flexibility index (Phi) is 7.09. The van der Waals surface area contributed by atoms with E-state index in [0.717, 1.165) is 29.6 Å². The Morgan fingerprint density at radius 2 is 1.86 bits per heavy atom. The largest absolute Gasteiger partial charge is 0.349 e. The van der Waals surface area contributed by atoms with Crippen LogP contribution < -0.4 is 9.80 Å². The molecule has 2 fully saturated rings. The topological polar surface area (TPSA) is 73.6 Å². The Morgan fingerprint density at radius 1 is 1.12 bits per heavy atom. The predicted octanol–water partition coefficient (Wildman–Crippen LogP) is 4.65. The Bertz CT molecular complexity index is 1730. The molecule has 0 spiro atoms. The number of nitrogens with zero attached hydrogens (tertiary/aromatic N) is 8. The predicted molar refractivity (Wildman–Crippen MR) is 167 cm³/mol. The summed E-state index contributed by atoms with van der Waals surface area (Å²) in [5.41, 5.74) is 2.94. The van der Waals surface area contributed by atoms with Gasteiger partial charge in [0.25, 0.3) is 0 Å². The number of piperazine rings is 1. The van der Waals surface area contributed by atoms with E-state index in [9.17, 15) is 4.79 Å². The number of carbonyl (C=O) groups excluding carboxylic acids is 1. The number of aromatic nitrogens is 4. The van der Waals surface area contributed by atoms with E-state index in [1.807, 2.05) is 44.9 Å². The third kappa shape index (κ3) is 4.48. The van der Waals surface area contributed by atoms with Gasteiger partial charge >= 0.3 is 0 Å². The van der Waals surface area contributed by atoms with Crippen molar-refractivity contribution < 1.29 is 9.18 Å². The molecular formula is C31H36ClFN8O. The monoisotopic (exact) mass is 590 g/mol. The zero-order valence-corrected chi connectivity index (χ0v) is 25.7. The number of halogens is 2. The van der Waals surface area contributed by atoms with E-state index in [-0.39, 0.29) is 28.5 Å². The van der Waals surface area contributed by atoms with E-state index in [1.54, 1.807) is 16.9 Å². The van der Waals surface area contributed by atoms with Gasteiger partial charge in [0.1, 0.15) is 11.3 Å². The minimum absolute atomic E-state index is 0.0751. The Hall–Kier alpha value is -3.76. The lowest BCUT2D eigenvalue weighted by Crippen LogP contribution is -2.59. The quantitative estimate of drug-likeness (QED) is 0.313. The van der Waals surface area contributed by atoms with Crippen LogP contribution in [-0.2, 0) is 11.8 Å². The minimum atomic E-state index is -0.481. The molecule has 220 valence electrons. The zero-order chi connectivity index (χ0) is 30.0. The lowest BCUT2D eigenvalue weighted by molar-refractivity contribution is -0.128. The third-order valence-electron chi connectivity index (χ3n) is 8.80. The van der Waals surface area contributed by atoms with E-state index in [4.69, 9.17) is 21.6 Å². The smallest absolute Gasteiger partial charge is 0.246 e. The first kappa shape index (κ1) is 28.4.